The van der Waals surface area contributed by atoms with E-state index in [4.69, 9.17) is 9.47 Å². The highest BCUT2D eigenvalue weighted by molar-refractivity contribution is 5.40. The van der Waals surface area contributed by atoms with Crippen molar-refractivity contribution in [3.05, 3.63) is 95.6 Å². The van der Waals surface area contributed by atoms with E-state index in [1.807, 2.05) is 54.6 Å². The summed E-state index contributed by atoms with van der Waals surface area (Å²) in [5, 5.41) is 11.7. The largest absolute Gasteiger partial charge is 0.497 e. The number of ether oxygens (including phenoxy) is 2. The zero-order chi connectivity index (χ0) is 19.1. The van der Waals surface area contributed by atoms with Crippen LogP contribution in [0.25, 0.3) is 0 Å². The van der Waals surface area contributed by atoms with Gasteiger partial charge in [-0.1, -0.05) is 54.6 Å². The van der Waals surface area contributed by atoms with Crippen molar-refractivity contribution in [2.75, 3.05) is 14.2 Å². The molecule has 0 saturated carbocycles. The Bertz CT molecular complexity index is 776. The van der Waals surface area contributed by atoms with E-state index in [1.54, 1.807) is 14.2 Å². The van der Waals surface area contributed by atoms with Gasteiger partial charge in [-0.3, -0.25) is 0 Å². The van der Waals surface area contributed by atoms with Crippen LogP contribution in [0, 0.1) is 0 Å². The van der Waals surface area contributed by atoms with E-state index in [9.17, 15) is 5.11 Å². The fraction of sp³-hybridized carbons (Fsp3) is 0.250. The standard InChI is InChI=1S/C24H26O3/c1-26-22-14-10-20(11-15-22)24(25,21-12-16-23(27-2)17-13-21)18-6-9-19-7-4-3-5-8-19/h3-5,7-8,10-17,25H,6,9,18H2,1-2H3. The van der Waals surface area contributed by atoms with E-state index in [1.165, 1.54) is 5.56 Å². The van der Waals surface area contributed by atoms with Gasteiger partial charge in [0.15, 0.2) is 0 Å². The van der Waals surface area contributed by atoms with Gasteiger partial charge < -0.3 is 14.6 Å². The molecule has 0 heterocycles. The molecule has 140 valence electrons. The van der Waals surface area contributed by atoms with Crippen LogP contribution >= 0.6 is 0 Å². The van der Waals surface area contributed by atoms with Crippen molar-refractivity contribution in [3.8, 4) is 11.5 Å². The Kier molecular flexibility index (Phi) is 6.15. The second-order valence-corrected chi connectivity index (χ2v) is 6.66. The molecule has 0 unspecified atom stereocenters. The zero-order valence-corrected chi connectivity index (χ0v) is 15.9. The summed E-state index contributed by atoms with van der Waals surface area (Å²) in [5.74, 6) is 1.56. The van der Waals surface area contributed by atoms with Crippen molar-refractivity contribution in [2.24, 2.45) is 0 Å². The Labute approximate surface area is 161 Å². The molecular formula is C24H26O3. The molecule has 0 aromatic heterocycles. The molecule has 3 rings (SSSR count). The molecule has 0 spiro atoms. The fourth-order valence-corrected chi connectivity index (χ4v) is 3.38. The maximum absolute atomic E-state index is 11.7. The molecule has 0 atom stereocenters. The molecule has 0 saturated heterocycles. The number of hydrogen-bond acceptors (Lipinski definition) is 3. The number of benzene rings is 3. The summed E-state index contributed by atoms with van der Waals surface area (Å²) in [6.45, 7) is 0. The van der Waals surface area contributed by atoms with Crippen LogP contribution in [0.2, 0.25) is 0 Å². The molecule has 0 bridgehead atoms. The quantitative estimate of drug-likeness (QED) is 0.615. The third-order valence-corrected chi connectivity index (χ3v) is 4.98. The molecule has 0 aliphatic carbocycles. The SMILES string of the molecule is COc1ccc(C(O)(CCCc2ccccc2)c2ccc(OC)cc2)cc1. The highest BCUT2D eigenvalue weighted by Crippen LogP contribution is 2.36. The minimum atomic E-state index is -1.06. The third kappa shape index (κ3) is 4.50. The number of hydrogen-bond donors (Lipinski definition) is 1. The monoisotopic (exact) mass is 362 g/mol. The highest BCUT2D eigenvalue weighted by Gasteiger charge is 2.31. The molecule has 0 radical (unpaired) electrons. The predicted octanol–water partition coefficient (Wildman–Crippen LogP) is 4.96. The van der Waals surface area contributed by atoms with Gasteiger partial charge in [-0.15, -0.1) is 0 Å². The normalized spacial score (nSPS) is 11.2. The fourth-order valence-electron chi connectivity index (χ4n) is 3.38. The van der Waals surface area contributed by atoms with Gasteiger partial charge in [0, 0.05) is 0 Å². The number of rotatable bonds is 8. The van der Waals surface area contributed by atoms with Crippen molar-refractivity contribution in [1.82, 2.24) is 0 Å². The van der Waals surface area contributed by atoms with Crippen LogP contribution in [0.5, 0.6) is 11.5 Å². The summed E-state index contributed by atoms with van der Waals surface area (Å²) in [6, 6.07) is 25.7. The van der Waals surface area contributed by atoms with E-state index in [2.05, 4.69) is 24.3 Å². The lowest BCUT2D eigenvalue weighted by Crippen LogP contribution is -2.27. The van der Waals surface area contributed by atoms with Gasteiger partial charge in [-0.2, -0.15) is 0 Å². The Morgan fingerprint density at radius 2 is 1.19 bits per heavy atom. The molecule has 0 aliphatic heterocycles. The van der Waals surface area contributed by atoms with Crippen molar-refractivity contribution in [3.63, 3.8) is 0 Å². The Morgan fingerprint density at radius 3 is 1.63 bits per heavy atom. The minimum absolute atomic E-state index is 0.626. The first kappa shape index (κ1) is 19.0. The van der Waals surface area contributed by atoms with Gasteiger partial charge in [0.05, 0.1) is 14.2 Å². The molecular weight excluding hydrogens is 336 g/mol. The summed E-state index contributed by atoms with van der Waals surface area (Å²) in [5.41, 5.74) is 1.94. The van der Waals surface area contributed by atoms with Gasteiger partial charge in [0.1, 0.15) is 17.1 Å². The molecule has 3 aromatic rings. The van der Waals surface area contributed by atoms with E-state index < -0.39 is 5.60 Å². The average Bonchev–Trinajstić information content (AvgIpc) is 2.74. The van der Waals surface area contributed by atoms with E-state index >= 15 is 0 Å². The number of methoxy groups -OCH3 is 2. The maximum atomic E-state index is 11.7. The second kappa shape index (κ2) is 8.74. The van der Waals surface area contributed by atoms with Gasteiger partial charge >= 0.3 is 0 Å². The van der Waals surface area contributed by atoms with E-state index in [0.717, 1.165) is 35.5 Å². The van der Waals surface area contributed by atoms with Crippen LogP contribution in [0.15, 0.2) is 78.9 Å². The van der Waals surface area contributed by atoms with Crippen molar-refractivity contribution in [2.45, 2.75) is 24.9 Å². The maximum Gasteiger partial charge on any atom is 0.118 e. The molecule has 0 aliphatic rings. The minimum Gasteiger partial charge on any atom is -0.497 e. The lowest BCUT2D eigenvalue weighted by molar-refractivity contribution is 0.0687. The predicted molar refractivity (Wildman–Crippen MR) is 108 cm³/mol. The summed E-state index contributed by atoms with van der Waals surface area (Å²) in [7, 11) is 3.29. The number of aryl methyl sites for hydroxylation is 1. The lowest BCUT2D eigenvalue weighted by Gasteiger charge is -2.30. The van der Waals surface area contributed by atoms with Crippen LogP contribution in [0.1, 0.15) is 29.5 Å². The number of aliphatic hydroxyl groups is 1. The van der Waals surface area contributed by atoms with Crippen molar-refractivity contribution < 1.29 is 14.6 Å². The van der Waals surface area contributed by atoms with Crippen LogP contribution in [-0.4, -0.2) is 19.3 Å². The van der Waals surface area contributed by atoms with Crippen LogP contribution in [0.3, 0.4) is 0 Å². The molecule has 3 nitrogen and oxygen atoms in total. The van der Waals surface area contributed by atoms with Crippen molar-refractivity contribution >= 4 is 0 Å². The smallest absolute Gasteiger partial charge is 0.118 e. The first-order chi connectivity index (χ1) is 13.2. The summed E-state index contributed by atoms with van der Waals surface area (Å²) in [4.78, 5) is 0. The van der Waals surface area contributed by atoms with E-state index in [0.29, 0.717) is 6.42 Å². The van der Waals surface area contributed by atoms with Crippen LogP contribution in [0.4, 0.5) is 0 Å². The second-order valence-electron chi connectivity index (χ2n) is 6.66. The Hall–Kier alpha value is -2.78. The summed E-state index contributed by atoms with van der Waals surface area (Å²) >= 11 is 0. The molecule has 0 fully saturated rings. The topological polar surface area (TPSA) is 38.7 Å². The van der Waals surface area contributed by atoms with Gasteiger partial charge in [-0.05, 0) is 60.2 Å². The van der Waals surface area contributed by atoms with Gasteiger partial charge in [0.2, 0.25) is 0 Å². The summed E-state index contributed by atoms with van der Waals surface area (Å²) in [6.07, 6.45) is 2.43. The third-order valence-electron chi connectivity index (χ3n) is 4.98. The molecule has 3 aromatic carbocycles. The molecule has 3 heteroatoms. The summed E-state index contributed by atoms with van der Waals surface area (Å²) < 4.78 is 10.5. The van der Waals surface area contributed by atoms with Crippen LogP contribution in [-0.2, 0) is 12.0 Å². The van der Waals surface area contributed by atoms with Crippen molar-refractivity contribution in [1.29, 1.82) is 0 Å². The highest BCUT2D eigenvalue weighted by atomic mass is 16.5. The van der Waals surface area contributed by atoms with E-state index in [-0.39, 0.29) is 0 Å². The van der Waals surface area contributed by atoms with Gasteiger partial charge in [0.25, 0.3) is 0 Å². The van der Waals surface area contributed by atoms with Crippen LogP contribution < -0.4 is 9.47 Å². The molecule has 0 amide bonds. The molecule has 27 heavy (non-hydrogen) atoms. The first-order valence-corrected chi connectivity index (χ1v) is 9.21. The average molecular weight is 362 g/mol. The Balaban J connectivity index is 1.86. The molecule has 1 N–H and O–H groups in total. The Morgan fingerprint density at radius 1 is 0.704 bits per heavy atom. The first-order valence-electron chi connectivity index (χ1n) is 9.21. The lowest BCUT2D eigenvalue weighted by atomic mass is 9.82. The zero-order valence-electron chi connectivity index (χ0n) is 15.9. The van der Waals surface area contributed by atoms with Gasteiger partial charge in [-0.25, -0.2) is 0 Å².